The summed E-state index contributed by atoms with van der Waals surface area (Å²) in [5.74, 6) is -0.0414. The molecule has 20 heavy (non-hydrogen) atoms. The first-order valence-corrected chi connectivity index (χ1v) is 7.64. The number of rotatable bonds is 6. The highest BCUT2D eigenvalue weighted by molar-refractivity contribution is 7.20. The number of carbonyl (C=O) groups is 1. The summed E-state index contributed by atoms with van der Waals surface area (Å²) < 4.78 is 0. The van der Waals surface area contributed by atoms with E-state index in [-0.39, 0.29) is 0 Å². The van der Waals surface area contributed by atoms with Gasteiger partial charge < -0.3 is 10.0 Å². The Morgan fingerprint density at radius 3 is 2.75 bits per heavy atom. The summed E-state index contributed by atoms with van der Waals surface area (Å²) in [5.41, 5.74) is 0.767. The maximum Gasteiger partial charge on any atom is 0.346 e. The Morgan fingerprint density at radius 1 is 1.40 bits per heavy atom. The van der Waals surface area contributed by atoms with Gasteiger partial charge in [0, 0.05) is 13.1 Å². The van der Waals surface area contributed by atoms with E-state index in [2.05, 4.69) is 28.7 Å². The molecule has 0 spiro atoms. The van der Waals surface area contributed by atoms with Gasteiger partial charge in [0.2, 0.25) is 0 Å². The standard InChI is InChI=1S/C14H19N3O2S/c1-4-6-7-17(5-2)12-10-9(3)11(14(18)19)20-13(10)16-8-15-12/h8H,4-7H2,1-3H3,(H,18,19). The molecule has 2 rings (SSSR count). The number of hydrogen-bond acceptors (Lipinski definition) is 5. The van der Waals surface area contributed by atoms with Gasteiger partial charge in [0.15, 0.2) is 0 Å². The number of carboxylic acids is 1. The van der Waals surface area contributed by atoms with Crippen molar-refractivity contribution in [2.75, 3.05) is 18.0 Å². The van der Waals surface area contributed by atoms with E-state index in [4.69, 9.17) is 0 Å². The third-order valence-electron chi connectivity index (χ3n) is 3.36. The second-order valence-corrected chi connectivity index (χ2v) is 5.67. The van der Waals surface area contributed by atoms with Crippen LogP contribution in [0.25, 0.3) is 10.2 Å². The van der Waals surface area contributed by atoms with E-state index in [1.807, 2.05) is 6.92 Å². The van der Waals surface area contributed by atoms with E-state index in [1.165, 1.54) is 17.7 Å². The highest BCUT2D eigenvalue weighted by Crippen LogP contribution is 2.34. The summed E-state index contributed by atoms with van der Waals surface area (Å²) in [7, 11) is 0. The number of hydrogen-bond donors (Lipinski definition) is 1. The lowest BCUT2D eigenvalue weighted by atomic mass is 10.2. The summed E-state index contributed by atoms with van der Waals surface area (Å²) in [6.45, 7) is 7.86. The number of carboxylic acid groups (broad SMARTS) is 1. The normalized spacial score (nSPS) is 10.9. The number of aromatic carboxylic acids is 1. The third-order valence-corrected chi connectivity index (χ3v) is 4.55. The molecule has 0 unspecified atom stereocenters. The molecule has 2 aromatic heterocycles. The lowest BCUT2D eigenvalue weighted by molar-refractivity contribution is 0.0701. The number of aromatic nitrogens is 2. The second kappa shape index (κ2) is 6.17. The van der Waals surface area contributed by atoms with Crippen LogP contribution in [0.3, 0.4) is 0 Å². The number of fused-ring (bicyclic) bond motifs is 1. The Morgan fingerprint density at radius 2 is 2.15 bits per heavy atom. The molecule has 6 heteroatoms. The van der Waals surface area contributed by atoms with Crippen molar-refractivity contribution >= 4 is 33.3 Å². The molecule has 0 atom stereocenters. The molecule has 0 radical (unpaired) electrons. The molecule has 0 amide bonds. The molecular weight excluding hydrogens is 274 g/mol. The van der Waals surface area contributed by atoms with Crippen LogP contribution in [0.5, 0.6) is 0 Å². The molecule has 2 aromatic rings. The average molecular weight is 293 g/mol. The van der Waals surface area contributed by atoms with Gasteiger partial charge in [0.25, 0.3) is 0 Å². The fourth-order valence-electron chi connectivity index (χ4n) is 2.26. The maximum absolute atomic E-state index is 11.3. The Labute approximate surface area is 122 Å². The van der Waals surface area contributed by atoms with Crippen LogP contribution in [-0.2, 0) is 0 Å². The number of nitrogens with zero attached hydrogens (tertiary/aromatic N) is 3. The van der Waals surface area contributed by atoms with Crippen molar-refractivity contribution in [2.45, 2.75) is 33.6 Å². The summed E-state index contributed by atoms with van der Waals surface area (Å²) in [6, 6.07) is 0. The number of unbranched alkanes of at least 4 members (excludes halogenated alkanes) is 1. The fourth-order valence-corrected chi connectivity index (χ4v) is 3.24. The molecular formula is C14H19N3O2S. The van der Waals surface area contributed by atoms with Crippen LogP contribution in [0, 0.1) is 6.92 Å². The van der Waals surface area contributed by atoms with Crippen molar-refractivity contribution in [3.8, 4) is 0 Å². The third kappa shape index (κ3) is 2.60. The summed E-state index contributed by atoms with van der Waals surface area (Å²) >= 11 is 1.22. The van der Waals surface area contributed by atoms with Crippen LogP contribution in [-0.4, -0.2) is 34.1 Å². The second-order valence-electron chi connectivity index (χ2n) is 4.67. The Hall–Kier alpha value is -1.69. The average Bonchev–Trinajstić information content (AvgIpc) is 2.78. The first-order valence-electron chi connectivity index (χ1n) is 6.82. The zero-order chi connectivity index (χ0) is 14.7. The lowest BCUT2D eigenvalue weighted by Crippen LogP contribution is -2.25. The van der Waals surface area contributed by atoms with Gasteiger partial charge in [-0.3, -0.25) is 0 Å². The quantitative estimate of drug-likeness (QED) is 0.885. The Bertz CT molecular complexity index is 624. The molecule has 0 fully saturated rings. The van der Waals surface area contributed by atoms with E-state index >= 15 is 0 Å². The molecule has 2 heterocycles. The summed E-state index contributed by atoms with van der Waals surface area (Å²) in [5, 5.41) is 10.1. The Balaban J connectivity index is 2.55. The number of anilines is 1. The molecule has 0 aliphatic rings. The Kier molecular flexibility index (Phi) is 4.54. The monoisotopic (exact) mass is 293 g/mol. The molecule has 0 bridgehead atoms. The molecule has 0 aliphatic heterocycles. The fraction of sp³-hybridized carbons (Fsp3) is 0.500. The minimum absolute atomic E-state index is 0.355. The van der Waals surface area contributed by atoms with Gasteiger partial charge in [-0.25, -0.2) is 14.8 Å². The van der Waals surface area contributed by atoms with Crippen molar-refractivity contribution in [1.29, 1.82) is 0 Å². The van der Waals surface area contributed by atoms with Crippen LogP contribution in [0.4, 0.5) is 5.82 Å². The highest BCUT2D eigenvalue weighted by atomic mass is 32.1. The molecule has 5 nitrogen and oxygen atoms in total. The van der Waals surface area contributed by atoms with Crippen molar-refractivity contribution in [3.05, 3.63) is 16.8 Å². The maximum atomic E-state index is 11.3. The predicted octanol–water partition coefficient (Wildman–Crippen LogP) is 3.32. The first-order chi connectivity index (χ1) is 9.60. The van der Waals surface area contributed by atoms with Gasteiger partial charge in [-0.1, -0.05) is 13.3 Å². The van der Waals surface area contributed by atoms with Gasteiger partial charge >= 0.3 is 5.97 Å². The molecule has 0 aliphatic carbocycles. The number of thiophene rings is 1. The molecule has 0 saturated heterocycles. The molecule has 108 valence electrons. The van der Waals surface area contributed by atoms with E-state index in [9.17, 15) is 9.90 Å². The van der Waals surface area contributed by atoms with Crippen molar-refractivity contribution in [3.63, 3.8) is 0 Å². The van der Waals surface area contributed by atoms with E-state index in [1.54, 1.807) is 0 Å². The van der Waals surface area contributed by atoms with Crippen LogP contribution in [0.15, 0.2) is 6.33 Å². The topological polar surface area (TPSA) is 66.3 Å². The van der Waals surface area contributed by atoms with Gasteiger partial charge in [-0.05, 0) is 25.8 Å². The van der Waals surface area contributed by atoms with E-state index < -0.39 is 5.97 Å². The van der Waals surface area contributed by atoms with Crippen molar-refractivity contribution < 1.29 is 9.90 Å². The van der Waals surface area contributed by atoms with Crippen LogP contribution in [0.2, 0.25) is 0 Å². The van der Waals surface area contributed by atoms with Crippen molar-refractivity contribution in [2.24, 2.45) is 0 Å². The zero-order valence-corrected chi connectivity index (χ0v) is 12.8. The minimum Gasteiger partial charge on any atom is -0.477 e. The van der Waals surface area contributed by atoms with E-state index in [0.29, 0.717) is 4.88 Å². The first kappa shape index (κ1) is 14.7. The van der Waals surface area contributed by atoms with Gasteiger partial charge in [-0.2, -0.15) is 0 Å². The molecule has 0 aromatic carbocycles. The van der Waals surface area contributed by atoms with Crippen LogP contribution < -0.4 is 4.90 Å². The smallest absolute Gasteiger partial charge is 0.346 e. The SMILES string of the molecule is CCCCN(CC)c1ncnc2sc(C(=O)O)c(C)c12. The van der Waals surface area contributed by atoms with Crippen LogP contribution >= 0.6 is 11.3 Å². The van der Waals surface area contributed by atoms with E-state index in [0.717, 1.165) is 47.5 Å². The highest BCUT2D eigenvalue weighted by Gasteiger charge is 2.20. The largest absolute Gasteiger partial charge is 0.477 e. The summed E-state index contributed by atoms with van der Waals surface area (Å²) in [6.07, 6.45) is 3.73. The van der Waals surface area contributed by atoms with Crippen LogP contribution in [0.1, 0.15) is 41.9 Å². The lowest BCUT2D eigenvalue weighted by Gasteiger charge is -2.22. The number of aryl methyl sites for hydroxylation is 1. The van der Waals surface area contributed by atoms with Crippen molar-refractivity contribution in [1.82, 2.24) is 9.97 Å². The molecule has 1 N–H and O–H groups in total. The molecule has 0 saturated carbocycles. The van der Waals surface area contributed by atoms with Gasteiger partial charge in [-0.15, -0.1) is 11.3 Å². The predicted molar refractivity (Wildman–Crippen MR) is 81.9 cm³/mol. The minimum atomic E-state index is -0.895. The van der Waals surface area contributed by atoms with Gasteiger partial charge in [0.1, 0.15) is 21.9 Å². The van der Waals surface area contributed by atoms with Gasteiger partial charge in [0.05, 0.1) is 5.39 Å². The zero-order valence-electron chi connectivity index (χ0n) is 12.0. The summed E-state index contributed by atoms with van der Waals surface area (Å²) in [4.78, 5) is 23.2.